The minimum atomic E-state index is 0.634. The van der Waals surface area contributed by atoms with E-state index in [1.807, 2.05) is 13.1 Å². The predicted octanol–water partition coefficient (Wildman–Crippen LogP) is 3.84. The summed E-state index contributed by atoms with van der Waals surface area (Å²) in [6.07, 6.45) is 3.05. The standard InChI is InChI=1S/C15H21N3/c1-4-11(2)13-5-7-14(8-6-13)17-10-15-9-16-12(3)18-15/h5-9,11,17H,4,10H2,1-3H3,(H,16,18). The number of imidazole rings is 1. The number of nitrogens with zero attached hydrogens (tertiary/aromatic N) is 1. The molecule has 0 aliphatic carbocycles. The molecule has 3 heteroatoms. The van der Waals surface area contributed by atoms with E-state index in [2.05, 4.69) is 53.4 Å². The zero-order valence-corrected chi connectivity index (χ0v) is 11.3. The maximum Gasteiger partial charge on any atom is 0.103 e. The Kier molecular flexibility index (Phi) is 4.03. The molecule has 2 rings (SSSR count). The van der Waals surface area contributed by atoms with Gasteiger partial charge in [0.05, 0.1) is 18.4 Å². The molecule has 0 saturated heterocycles. The van der Waals surface area contributed by atoms with Crippen molar-refractivity contribution in [3.8, 4) is 0 Å². The molecule has 0 aliphatic rings. The van der Waals surface area contributed by atoms with Crippen LogP contribution in [-0.4, -0.2) is 9.97 Å². The Morgan fingerprint density at radius 2 is 2.00 bits per heavy atom. The number of benzene rings is 1. The molecule has 1 atom stereocenters. The lowest BCUT2D eigenvalue weighted by Gasteiger charge is -2.10. The van der Waals surface area contributed by atoms with Gasteiger partial charge in [-0.25, -0.2) is 4.98 Å². The average molecular weight is 243 g/mol. The van der Waals surface area contributed by atoms with E-state index in [9.17, 15) is 0 Å². The van der Waals surface area contributed by atoms with Crippen LogP contribution in [0.1, 0.15) is 43.3 Å². The van der Waals surface area contributed by atoms with Gasteiger partial charge in [-0.2, -0.15) is 0 Å². The first-order valence-electron chi connectivity index (χ1n) is 6.53. The molecule has 0 fully saturated rings. The van der Waals surface area contributed by atoms with Crippen LogP contribution in [0.4, 0.5) is 5.69 Å². The molecule has 0 spiro atoms. The molecule has 3 nitrogen and oxygen atoms in total. The Balaban J connectivity index is 1.94. The van der Waals surface area contributed by atoms with Crippen LogP contribution in [0.5, 0.6) is 0 Å². The van der Waals surface area contributed by atoms with Gasteiger partial charge in [0, 0.05) is 5.69 Å². The van der Waals surface area contributed by atoms with Crippen LogP contribution >= 0.6 is 0 Å². The van der Waals surface area contributed by atoms with Gasteiger partial charge in [-0.15, -0.1) is 0 Å². The van der Waals surface area contributed by atoms with Gasteiger partial charge >= 0.3 is 0 Å². The molecule has 0 radical (unpaired) electrons. The molecule has 0 amide bonds. The van der Waals surface area contributed by atoms with Gasteiger partial charge in [0.2, 0.25) is 0 Å². The first kappa shape index (κ1) is 12.7. The number of aromatic amines is 1. The minimum Gasteiger partial charge on any atom is -0.379 e. The summed E-state index contributed by atoms with van der Waals surface area (Å²) in [5.74, 6) is 1.59. The third kappa shape index (κ3) is 3.13. The van der Waals surface area contributed by atoms with E-state index in [-0.39, 0.29) is 0 Å². The second kappa shape index (κ2) is 5.71. The van der Waals surface area contributed by atoms with E-state index >= 15 is 0 Å². The third-order valence-corrected chi connectivity index (χ3v) is 3.33. The number of rotatable bonds is 5. The lowest BCUT2D eigenvalue weighted by molar-refractivity contribution is 0.734. The van der Waals surface area contributed by atoms with Crippen molar-refractivity contribution in [3.63, 3.8) is 0 Å². The van der Waals surface area contributed by atoms with Crippen LogP contribution in [0, 0.1) is 6.92 Å². The number of hydrogen-bond donors (Lipinski definition) is 2. The van der Waals surface area contributed by atoms with Crippen LogP contribution in [0.3, 0.4) is 0 Å². The van der Waals surface area contributed by atoms with Gasteiger partial charge in [-0.1, -0.05) is 26.0 Å². The Morgan fingerprint density at radius 3 is 2.56 bits per heavy atom. The number of aromatic nitrogens is 2. The monoisotopic (exact) mass is 243 g/mol. The van der Waals surface area contributed by atoms with E-state index in [0.29, 0.717) is 5.92 Å². The summed E-state index contributed by atoms with van der Waals surface area (Å²) in [7, 11) is 0. The molecule has 1 aromatic heterocycles. The summed E-state index contributed by atoms with van der Waals surface area (Å²) in [4.78, 5) is 7.39. The van der Waals surface area contributed by atoms with Gasteiger partial charge in [0.15, 0.2) is 0 Å². The van der Waals surface area contributed by atoms with Crippen LogP contribution in [0.15, 0.2) is 30.5 Å². The van der Waals surface area contributed by atoms with E-state index in [1.54, 1.807) is 0 Å². The Hall–Kier alpha value is -1.77. The lowest BCUT2D eigenvalue weighted by atomic mass is 9.99. The quantitative estimate of drug-likeness (QED) is 0.837. The smallest absolute Gasteiger partial charge is 0.103 e. The van der Waals surface area contributed by atoms with Crippen molar-refractivity contribution in [1.82, 2.24) is 9.97 Å². The summed E-state index contributed by atoms with van der Waals surface area (Å²) in [6, 6.07) is 8.69. The highest BCUT2D eigenvalue weighted by Crippen LogP contribution is 2.20. The Morgan fingerprint density at radius 1 is 1.28 bits per heavy atom. The zero-order chi connectivity index (χ0) is 13.0. The highest BCUT2D eigenvalue weighted by molar-refractivity contribution is 5.45. The van der Waals surface area contributed by atoms with Crippen LogP contribution in [0.2, 0.25) is 0 Å². The second-order valence-electron chi connectivity index (χ2n) is 4.78. The molecule has 0 bridgehead atoms. The zero-order valence-electron chi connectivity index (χ0n) is 11.3. The van der Waals surface area contributed by atoms with Gasteiger partial charge in [0.1, 0.15) is 5.82 Å². The molecule has 2 aromatic rings. The van der Waals surface area contributed by atoms with Gasteiger partial charge < -0.3 is 10.3 Å². The molecule has 2 N–H and O–H groups in total. The lowest BCUT2D eigenvalue weighted by Crippen LogP contribution is -2.00. The van der Waals surface area contributed by atoms with Crippen molar-refractivity contribution < 1.29 is 0 Å². The molecule has 1 unspecified atom stereocenters. The van der Waals surface area contributed by atoms with Crippen LogP contribution < -0.4 is 5.32 Å². The molecule has 0 aliphatic heterocycles. The maximum absolute atomic E-state index is 4.18. The predicted molar refractivity (Wildman–Crippen MR) is 75.8 cm³/mol. The highest BCUT2D eigenvalue weighted by Gasteiger charge is 2.02. The summed E-state index contributed by atoms with van der Waals surface area (Å²) in [5, 5.41) is 3.39. The number of nitrogens with one attached hydrogen (secondary N) is 2. The van der Waals surface area contributed by atoms with Crippen molar-refractivity contribution >= 4 is 5.69 Å². The van der Waals surface area contributed by atoms with Crippen molar-refractivity contribution in [2.75, 3.05) is 5.32 Å². The molecule has 96 valence electrons. The summed E-state index contributed by atoms with van der Waals surface area (Å²) in [6.45, 7) is 7.22. The largest absolute Gasteiger partial charge is 0.379 e. The van der Waals surface area contributed by atoms with Crippen molar-refractivity contribution in [2.24, 2.45) is 0 Å². The van der Waals surface area contributed by atoms with Gasteiger partial charge in [0.25, 0.3) is 0 Å². The first-order chi connectivity index (χ1) is 8.69. The molecular formula is C15H21N3. The van der Waals surface area contributed by atoms with E-state index in [4.69, 9.17) is 0 Å². The molecule has 0 saturated carbocycles. The van der Waals surface area contributed by atoms with Crippen molar-refractivity contribution in [1.29, 1.82) is 0 Å². The second-order valence-corrected chi connectivity index (χ2v) is 4.78. The number of H-pyrrole nitrogens is 1. The first-order valence-corrected chi connectivity index (χ1v) is 6.53. The highest BCUT2D eigenvalue weighted by atomic mass is 15.0. The fourth-order valence-electron chi connectivity index (χ4n) is 1.92. The molecule has 1 aromatic carbocycles. The summed E-state index contributed by atoms with van der Waals surface area (Å²) >= 11 is 0. The normalized spacial score (nSPS) is 12.4. The van der Waals surface area contributed by atoms with Crippen molar-refractivity contribution in [2.45, 2.75) is 39.7 Å². The number of hydrogen-bond acceptors (Lipinski definition) is 2. The third-order valence-electron chi connectivity index (χ3n) is 3.33. The average Bonchev–Trinajstić information content (AvgIpc) is 2.82. The van der Waals surface area contributed by atoms with Crippen LogP contribution in [0.25, 0.3) is 0 Å². The molecule has 1 heterocycles. The summed E-state index contributed by atoms with van der Waals surface area (Å²) in [5.41, 5.74) is 3.66. The van der Waals surface area contributed by atoms with Gasteiger partial charge in [-0.3, -0.25) is 0 Å². The van der Waals surface area contributed by atoms with Gasteiger partial charge in [-0.05, 0) is 37.0 Å². The fraction of sp³-hybridized carbons (Fsp3) is 0.400. The van der Waals surface area contributed by atoms with E-state index < -0.39 is 0 Å². The minimum absolute atomic E-state index is 0.634. The molecule has 18 heavy (non-hydrogen) atoms. The van der Waals surface area contributed by atoms with Crippen LogP contribution in [-0.2, 0) is 6.54 Å². The summed E-state index contributed by atoms with van der Waals surface area (Å²) < 4.78 is 0. The maximum atomic E-state index is 4.18. The number of anilines is 1. The topological polar surface area (TPSA) is 40.7 Å². The number of aryl methyl sites for hydroxylation is 1. The Labute approximate surface area is 109 Å². The SMILES string of the molecule is CCC(C)c1ccc(NCc2cnc(C)[nH]2)cc1. The fourth-order valence-corrected chi connectivity index (χ4v) is 1.92. The van der Waals surface area contributed by atoms with E-state index in [1.165, 1.54) is 12.0 Å². The van der Waals surface area contributed by atoms with E-state index in [0.717, 1.165) is 23.8 Å². The Bertz CT molecular complexity index is 485. The molecular weight excluding hydrogens is 222 g/mol. The van der Waals surface area contributed by atoms with Crippen molar-refractivity contribution in [3.05, 3.63) is 47.5 Å².